The van der Waals surface area contributed by atoms with E-state index in [9.17, 15) is 59.4 Å². The van der Waals surface area contributed by atoms with E-state index >= 15 is 0 Å². The molecule has 0 bridgehead atoms. The van der Waals surface area contributed by atoms with Crippen molar-refractivity contribution in [2.75, 3.05) is 0 Å². The minimum Gasteiger partial charge on any atom is -0.545 e. The van der Waals surface area contributed by atoms with Gasteiger partial charge in [-0.15, -0.1) is 0 Å². The Labute approximate surface area is 323 Å². The number of hydrogen-bond acceptors (Lipinski definition) is 12. The summed E-state index contributed by atoms with van der Waals surface area (Å²) in [6, 6.07) is 0.988. The smallest absolute Gasteiger partial charge is 0.545 e. The van der Waals surface area contributed by atoms with Crippen molar-refractivity contribution in [2.24, 2.45) is 0 Å². The van der Waals surface area contributed by atoms with Crippen LogP contribution in [0.5, 0.6) is 0 Å². The van der Waals surface area contributed by atoms with Gasteiger partial charge in [0.05, 0.1) is 35.8 Å². The molecule has 0 aliphatic carbocycles. The summed E-state index contributed by atoms with van der Waals surface area (Å²) in [5.74, 6) is -14.4. The van der Waals surface area contributed by atoms with E-state index in [1.165, 1.54) is 0 Å². The summed E-state index contributed by atoms with van der Waals surface area (Å²) < 4.78 is 0. The molecule has 0 amide bonds. The van der Waals surface area contributed by atoms with Gasteiger partial charge in [-0.05, 0) is 5.39 Å². The SMILES string of the molecule is O=C([O-])c1ccc2c(C(=O)[O-])c(C(=O)[O-])c(C(=O)[O-])c(C(=O)[O-])c2c1C(=O)[O-].[Na+].[Na+].[Na+].[Na+].[Na+].[Na+]. The standard InChI is InChI=1S/C16H8O12.6Na/c17-11(18)4-2-1-3-5(7(4)13(21)22)8(14(23)24)10(16(27)28)9(15(25)26)6(3)12(19)20;;;;;;/h1-2H,(H,17,18)(H,19,20)(H,21,22)(H,23,24)(H,25,26)(H,27,28);;;;;;/q;6*+1/p-6. The van der Waals surface area contributed by atoms with Gasteiger partial charge in [-0.25, -0.2) is 0 Å². The number of benzene rings is 2. The molecule has 34 heavy (non-hydrogen) atoms. The fourth-order valence-corrected chi connectivity index (χ4v) is 2.79. The topological polar surface area (TPSA) is 241 Å². The molecule has 0 atom stereocenters. The monoisotopic (exact) mass is 524 g/mol. The van der Waals surface area contributed by atoms with Crippen LogP contribution in [0, 0.1) is 0 Å². The maximum Gasteiger partial charge on any atom is 1.00 e. The van der Waals surface area contributed by atoms with E-state index in [1.807, 2.05) is 0 Å². The second kappa shape index (κ2) is 18.7. The molecule has 0 aliphatic rings. The Balaban J connectivity index is -0.000000467. The van der Waals surface area contributed by atoms with Gasteiger partial charge >= 0.3 is 177 Å². The summed E-state index contributed by atoms with van der Waals surface area (Å²) in [7, 11) is 0. The van der Waals surface area contributed by atoms with Crippen molar-refractivity contribution >= 4 is 46.6 Å². The molecule has 0 unspecified atom stereocenters. The van der Waals surface area contributed by atoms with Crippen LogP contribution in [-0.4, -0.2) is 35.8 Å². The minimum absolute atomic E-state index is 0. The Morgan fingerprint density at radius 3 is 1.03 bits per heavy atom. The van der Waals surface area contributed by atoms with Crippen LogP contribution in [0.25, 0.3) is 10.8 Å². The van der Waals surface area contributed by atoms with Crippen LogP contribution in [0.15, 0.2) is 12.1 Å². The van der Waals surface area contributed by atoms with Gasteiger partial charge in [-0.3, -0.25) is 0 Å². The quantitative estimate of drug-likeness (QED) is 0.320. The van der Waals surface area contributed by atoms with Crippen LogP contribution in [0.1, 0.15) is 62.1 Å². The number of hydrogen-bond donors (Lipinski definition) is 0. The van der Waals surface area contributed by atoms with E-state index < -0.39 is 80.0 Å². The first kappa shape index (κ1) is 45.4. The number of carbonyl (C=O) groups excluding carboxylic acids is 6. The van der Waals surface area contributed by atoms with E-state index in [2.05, 4.69) is 0 Å². The van der Waals surface area contributed by atoms with Crippen LogP contribution in [-0.2, 0) is 0 Å². The number of carbonyl (C=O) groups is 6. The van der Waals surface area contributed by atoms with Crippen molar-refractivity contribution in [1.82, 2.24) is 0 Å². The Kier molecular flexibility index (Phi) is 25.0. The van der Waals surface area contributed by atoms with Crippen molar-refractivity contribution in [3.05, 3.63) is 45.5 Å². The Morgan fingerprint density at radius 2 is 0.735 bits per heavy atom. The van der Waals surface area contributed by atoms with Crippen molar-refractivity contribution < 1.29 is 237 Å². The molecule has 0 heterocycles. The molecule has 18 heteroatoms. The average molecular weight is 524 g/mol. The fourth-order valence-electron chi connectivity index (χ4n) is 2.79. The van der Waals surface area contributed by atoms with Crippen LogP contribution < -0.4 is 208 Å². The van der Waals surface area contributed by atoms with E-state index in [1.54, 1.807) is 0 Å². The van der Waals surface area contributed by atoms with E-state index in [0.717, 1.165) is 0 Å². The zero-order chi connectivity index (χ0) is 21.5. The van der Waals surface area contributed by atoms with E-state index in [4.69, 9.17) is 0 Å². The summed E-state index contributed by atoms with van der Waals surface area (Å²) in [6.45, 7) is 0. The Hall–Kier alpha value is 1.52. The van der Waals surface area contributed by atoms with Gasteiger partial charge < -0.3 is 59.4 Å². The Morgan fingerprint density at radius 1 is 0.412 bits per heavy atom. The van der Waals surface area contributed by atoms with Gasteiger partial charge in [0.2, 0.25) is 0 Å². The molecule has 144 valence electrons. The molecule has 2 aromatic carbocycles. The van der Waals surface area contributed by atoms with Gasteiger partial charge in [0.1, 0.15) is 0 Å². The van der Waals surface area contributed by atoms with Crippen molar-refractivity contribution in [3.8, 4) is 0 Å². The van der Waals surface area contributed by atoms with Crippen LogP contribution >= 0.6 is 0 Å². The number of carboxylic acid groups (broad SMARTS) is 6. The fraction of sp³-hybridized carbons (Fsp3) is 0. The van der Waals surface area contributed by atoms with Crippen molar-refractivity contribution in [3.63, 3.8) is 0 Å². The van der Waals surface area contributed by atoms with Crippen molar-refractivity contribution in [1.29, 1.82) is 0 Å². The van der Waals surface area contributed by atoms with Gasteiger partial charge in [0.15, 0.2) is 0 Å². The van der Waals surface area contributed by atoms with Crippen LogP contribution in [0.4, 0.5) is 0 Å². The molecule has 0 radical (unpaired) electrons. The van der Waals surface area contributed by atoms with Gasteiger partial charge in [-0.1, -0.05) is 12.1 Å². The molecule has 0 saturated heterocycles. The predicted octanol–water partition coefficient (Wildman–Crippen LogP) is -25.0. The summed E-state index contributed by atoms with van der Waals surface area (Å²) in [5, 5.41) is 65.9. The third-order valence-corrected chi connectivity index (χ3v) is 3.72. The van der Waals surface area contributed by atoms with Crippen LogP contribution in [0.2, 0.25) is 0 Å². The molecule has 0 N–H and O–H groups in total. The maximum atomic E-state index is 11.5. The van der Waals surface area contributed by atoms with Gasteiger partial charge in [0, 0.05) is 38.8 Å². The number of rotatable bonds is 6. The largest absolute Gasteiger partial charge is 1.00 e. The number of carboxylic acids is 6. The molecule has 0 fully saturated rings. The zero-order valence-corrected chi connectivity index (χ0v) is 31.1. The summed E-state index contributed by atoms with van der Waals surface area (Å²) in [6.07, 6.45) is 0. The predicted molar refractivity (Wildman–Crippen MR) is 69.9 cm³/mol. The molecular formula is C16H2Na6O12. The molecule has 0 saturated carbocycles. The average Bonchev–Trinajstić information content (AvgIpc) is 2.56. The van der Waals surface area contributed by atoms with Gasteiger partial charge in [-0.2, -0.15) is 0 Å². The van der Waals surface area contributed by atoms with Crippen molar-refractivity contribution in [2.45, 2.75) is 0 Å². The van der Waals surface area contributed by atoms with Gasteiger partial charge in [0.25, 0.3) is 0 Å². The summed E-state index contributed by atoms with van der Waals surface area (Å²) in [4.78, 5) is 68.2. The van der Waals surface area contributed by atoms with E-state index in [0.29, 0.717) is 12.1 Å². The normalized spacial score (nSPS) is 8.59. The molecule has 12 nitrogen and oxygen atoms in total. The van der Waals surface area contributed by atoms with Crippen LogP contribution in [0.3, 0.4) is 0 Å². The molecule has 0 spiro atoms. The zero-order valence-electron chi connectivity index (χ0n) is 19.1. The maximum absolute atomic E-state index is 11.5. The molecule has 2 rings (SSSR count). The molecule has 2 aromatic rings. The number of aromatic carboxylic acids is 6. The molecule has 0 aliphatic heterocycles. The molecular weight excluding hydrogens is 522 g/mol. The summed E-state index contributed by atoms with van der Waals surface area (Å²) >= 11 is 0. The minimum atomic E-state index is -2.55. The first-order chi connectivity index (χ1) is 12.9. The first-order valence-electron chi connectivity index (χ1n) is 6.86. The number of fused-ring (bicyclic) bond motifs is 1. The first-order valence-corrected chi connectivity index (χ1v) is 6.86. The third kappa shape index (κ3) is 9.07. The summed E-state index contributed by atoms with van der Waals surface area (Å²) in [5.41, 5.74) is -9.34. The second-order valence-electron chi connectivity index (χ2n) is 5.14. The third-order valence-electron chi connectivity index (χ3n) is 3.72. The van der Waals surface area contributed by atoms with E-state index in [-0.39, 0.29) is 177 Å². The Bertz CT molecular complexity index is 1140. The molecule has 0 aromatic heterocycles. The second-order valence-corrected chi connectivity index (χ2v) is 5.14.